The minimum absolute atomic E-state index is 0.157. The van der Waals surface area contributed by atoms with Crippen molar-refractivity contribution in [1.29, 1.82) is 0 Å². The lowest BCUT2D eigenvalue weighted by Crippen LogP contribution is -2.22. The zero-order chi connectivity index (χ0) is 8.15. The normalized spacial score (nSPS) is 14.7. The molecule has 0 spiro atoms. The van der Waals surface area contributed by atoms with Crippen LogP contribution in [0.4, 0.5) is 0 Å². The second kappa shape index (κ2) is 4.62. The number of hydrogen-bond acceptors (Lipinski definition) is 4. The molecule has 0 aromatic carbocycles. The first-order valence-corrected chi connectivity index (χ1v) is 3.37. The summed E-state index contributed by atoms with van der Waals surface area (Å²) in [6.07, 6.45) is 0.646. The summed E-state index contributed by atoms with van der Waals surface area (Å²) in [7, 11) is 0. The standard InChI is InChI=1S/C6H15NO3/c1-5(2)4-6(3)10-7(8)9/h5-6,8-9H,4H2,1-3H3. The van der Waals surface area contributed by atoms with Gasteiger partial charge in [0.05, 0.1) is 11.5 Å². The zero-order valence-electron chi connectivity index (χ0n) is 6.61. The lowest BCUT2D eigenvalue weighted by atomic mass is 10.1. The quantitative estimate of drug-likeness (QED) is 0.594. The predicted octanol–water partition coefficient (Wildman–Crippen LogP) is 1.43. The van der Waals surface area contributed by atoms with E-state index in [-0.39, 0.29) is 11.5 Å². The Kier molecular flexibility index (Phi) is 4.55. The molecule has 0 amide bonds. The van der Waals surface area contributed by atoms with Crippen molar-refractivity contribution in [1.82, 2.24) is 5.39 Å². The first-order chi connectivity index (χ1) is 4.52. The zero-order valence-corrected chi connectivity index (χ0v) is 6.61. The Hall–Kier alpha value is -0.160. The van der Waals surface area contributed by atoms with Crippen LogP contribution in [-0.2, 0) is 4.84 Å². The lowest BCUT2D eigenvalue weighted by molar-refractivity contribution is -0.504. The molecule has 0 fully saturated rings. The Morgan fingerprint density at radius 1 is 1.30 bits per heavy atom. The van der Waals surface area contributed by atoms with E-state index in [4.69, 9.17) is 10.4 Å². The predicted molar refractivity (Wildman–Crippen MR) is 35.4 cm³/mol. The van der Waals surface area contributed by atoms with E-state index in [0.717, 1.165) is 6.42 Å². The fourth-order valence-corrected chi connectivity index (χ4v) is 0.868. The minimum Gasteiger partial charge on any atom is -0.266 e. The maximum atomic E-state index is 8.20. The highest BCUT2D eigenvalue weighted by molar-refractivity contribution is 4.51. The first kappa shape index (κ1) is 9.84. The van der Waals surface area contributed by atoms with Gasteiger partial charge in [0.2, 0.25) is 0 Å². The van der Waals surface area contributed by atoms with Gasteiger partial charge in [-0.25, -0.2) is 4.84 Å². The van der Waals surface area contributed by atoms with Crippen LogP contribution in [0.5, 0.6) is 0 Å². The second-order valence-electron chi connectivity index (χ2n) is 2.80. The molecule has 0 aromatic rings. The van der Waals surface area contributed by atoms with Gasteiger partial charge in [-0.3, -0.25) is 10.4 Å². The number of rotatable bonds is 4. The molecule has 0 aliphatic rings. The maximum Gasteiger partial charge on any atom is 0.0818 e. The summed E-state index contributed by atoms with van der Waals surface area (Å²) in [5, 5.41) is 16.2. The van der Waals surface area contributed by atoms with E-state index in [0.29, 0.717) is 5.92 Å². The molecule has 0 heterocycles. The summed E-state index contributed by atoms with van der Waals surface area (Å²) in [4.78, 5) is 4.51. The fourth-order valence-electron chi connectivity index (χ4n) is 0.868. The number of hydrogen-bond donors (Lipinski definition) is 2. The second-order valence-corrected chi connectivity index (χ2v) is 2.80. The van der Waals surface area contributed by atoms with Crippen molar-refractivity contribution < 1.29 is 15.3 Å². The Morgan fingerprint density at radius 2 is 1.80 bits per heavy atom. The van der Waals surface area contributed by atoms with E-state index in [2.05, 4.69) is 4.84 Å². The monoisotopic (exact) mass is 149 g/mol. The molecular formula is C6H15NO3. The molecule has 0 aliphatic carbocycles. The molecule has 4 heteroatoms. The van der Waals surface area contributed by atoms with E-state index >= 15 is 0 Å². The van der Waals surface area contributed by atoms with Crippen LogP contribution in [0.15, 0.2) is 0 Å². The van der Waals surface area contributed by atoms with E-state index in [1.54, 1.807) is 6.92 Å². The van der Waals surface area contributed by atoms with Crippen LogP contribution in [0.25, 0.3) is 0 Å². The highest BCUT2D eigenvalue weighted by Crippen LogP contribution is 2.07. The molecule has 0 radical (unpaired) electrons. The average Bonchev–Trinajstić information content (AvgIpc) is 1.58. The third-order valence-electron chi connectivity index (χ3n) is 1.08. The molecule has 0 aromatic heterocycles. The smallest absolute Gasteiger partial charge is 0.0818 e. The van der Waals surface area contributed by atoms with Crippen molar-refractivity contribution in [3.63, 3.8) is 0 Å². The van der Waals surface area contributed by atoms with Crippen molar-refractivity contribution in [3.8, 4) is 0 Å². The summed E-state index contributed by atoms with van der Waals surface area (Å²) in [6, 6.07) is 0. The van der Waals surface area contributed by atoms with Gasteiger partial charge < -0.3 is 0 Å². The molecule has 0 saturated heterocycles. The molecule has 1 unspecified atom stereocenters. The Bertz CT molecular complexity index is 75.1. The van der Waals surface area contributed by atoms with E-state index in [1.807, 2.05) is 13.8 Å². The summed E-state index contributed by atoms with van der Waals surface area (Å²) in [5.74, 6) is 0.495. The first-order valence-electron chi connectivity index (χ1n) is 3.37. The SMILES string of the molecule is CC(C)CC(C)ON(O)O. The van der Waals surface area contributed by atoms with Crippen LogP contribution in [0.2, 0.25) is 0 Å². The lowest BCUT2D eigenvalue weighted by Gasteiger charge is -2.15. The van der Waals surface area contributed by atoms with Gasteiger partial charge in [0.1, 0.15) is 0 Å². The highest BCUT2D eigenvalue weighted by Gasteiger charge is 2.07. The van der Waals surface area contributed by atoms with Gasteiger partial charge in [0.25, 0.3) is 0 Å². The number of nitrogens with zero attached hydrogens (tertiary/aromatic N) is 1. The van der Waals surface area contributed by atoms with Crippen molar-refractivity contribution in [2.75, 3.05) is 0 Å². The third kappa shape index (κ3) is 5.97. The summed E-state index contributed by atoms with van der Waals surface area (Å²) >= 11 is 0. The summed E-state index contributed by atoms with van der Waals surface area (Å²) in [6.45, 7) is 5.86. The third-order valence-corrected chi connectivity index (χ3v) is 1.08. The molecule has 0 rings (SSSR count). The molecule has 4 nitrogen and oxygen atoms in total. The van der Waals surface area contributed by atoms with Gasteiger partial charge in [-0.1, -0.05) is 13.8 Å². The van der Waals surface area contributed by atoms with Crippen LogP contribution in [0, 0.1) is 5.92 Å². The molecule has 10 heavy (non-hydrogen) atoms. The largest absolute Gasteiger partial charge is 0.266 e. The van der Waals surface area contributed by atoms with E-state index in [9.17, 15) is 0 Å². The van der Waals surface area contributed by atoms with Crippen molar-refractivity contribution in [2.45, 2.75) is 33.3 Å². The summed E-state index contributed by atoms with van der Waals surface area (Å²) < 4.78 is 0. The van der Waals surface area contributed by atoms with Gasteiger partial charge in [-0.15, -0.1) is 0 Å². The molecular weight excluding hydrogens is 134 g/mol. The topological polar surface area (TPSA) is 52.9 Å². The van der Waals surface area contributed by atoms with Gasteiger partial charge >= 0.3 is 0 Å². The molecule has 1 atom stereocenters. The molecule has 2 N–H and O–H groups in total. The Morgan fingerprint density at radius 3 is 2.10 bits per heavy atom. The summed E-state index contributed by atoms with van der Waals surface area (Å²) in [5.41, 5.74) is 0. The van der Waals surface area contributed by atoms with Crippen molar-refractivity contribution in [2.24, 2.45) is 5.92 Å². The molecule has 0 bridgehead atoms. The molecule has 0 aliphatic heterocycles. The van der Waals surface area contributed by atoms with Crippen LogP contribution < -0.4 is 0 Å². The average molecular weight is 149 g/mol. The Labute approximate surface area is 60.9 Å². The van der Waals surface area contributed by atoms with E-state index < -0.39 is 0 Å². The van der Waals surface area contributed by atoms with Gasteiger partial charge in [0.15, 0.2) is 0 Å². The molecule has 0 saturated carbocycles. The van der Waals surface area contributed by atoms with Gasteiger partial charge in [0, 0.05) is 0 Å². The Balaban J connectivity index is 3.34. The maximum absolute atomic E-state index is 8.20. The highest BCUT2D eigenvalue weighted by atomic mass is 17.1. The van der Waals surface area contributed by atoms with Crippen LogP contribution >= 0.6 is 0 Å². The van der Waals surface area contributed by atoms with Crippen LogP contribution in [-0.4, -0.2) is 21.9 Å². The molecule has 62 valence electrons. The minimum atomic E-state index is -0.243. The van der Waals surface area contributed by atoms with Crippen LogP contribution in [0.1, 0.15) is 27.2 Å². The van der Waals surface area contributed by atoms with Gasteiger partial charge in [-0.2, -0.15) is 0 Å². The van der Waals surface area contributed by atoms with E-state index in [1.165, 1.54) is 0 Å². The van der Waals surface area contributed by atoms with Gasteiger partial charge in [-0.05, 0) is 19.3 Å². The van der Waals surface area contributed by atoms with Crippen molar-refractivity contribution in [3.05, 3.63) is 0 Å². The van der Waals surface area contributed by atoms with Crippen molar-refractivity contribution >= 4 is 0 Å². The fraction of sp³-hybridized carbons (Fsp3) is 1.00. The van der Waals surface area contributed by atoms with Crippen LogP contribution in [0.3, 0.4) is 0 Å².